The fourth-order valence-corrected chi connectivity index (χ4v) is 23.3. The van der Waals surface area contributed by atoms with E-state index in [4.69, 9.17) is 45.2 Å². The van der Waals surface area contributed by atoms with Gasteiger partial charge in [0.15, 0.2) is 41.4 Å². The Bertz CT molecular complexity index is 8870. The molecule has 0 radical (unpaired) electrons. The van der Waals surface area contributed by atoms with Crippen LogP contribution in [0.25, 0.3) is 95.6 Å². The van der Waals surface area contributed by atoms with Crippen LogP contribution >= 0.6 is 0 Å². The van der Waals surface area contributed by atoms with Crippen LogP contribution in [-0.2, 0) is 89.4 Å². The number of aromatic nitrogens is 10. The molecular formula is C129H155N10+5. The van der Waals surface area contributed by atoms with E-state index in [0.717, 1.165) is 29.5 Å². The van der Waals surface area contributed by atoms with Crippen molar-refractivity contribution < 1.29 is 68.6 Å². The summed E-state index contributed by atoms with van der Waals surface area (Å²) < 4.78 is 306. The van der Waals surface area contributed by atoms with Crippen molar-refractivity contribution in [3.05, 3.63) is 379 Å². The number of rotatable bonds is 8. The maximum absolute atomic E-state index is 9.01. The Labute approximate surface area is 878 Å². The van der Waals surface area contributed by atoms with Crippen molar-refractivity contribution in [2.24, 2.45) is 35.2 Å². The van der Waals surface area contributed by atoms with Crippen LogP contribution in [0.1, 0.15) is 313 Å². The van der Waals surface area contributed by atoms with Crippen molar-refractivity contribution in [1.29, 1.82) is 0 Å². The van der Waals surface area contributed by atoms with Gasteiger partial charge in [0.05, 0.1) is 28.1 Å². The molecule has 10 nitrogen and oxygen atoms in total. The van der Waals surface area contributed by atoms with Gasteiger partial charge in [-0.1, -0.05) is 371 Å². The van der Waals surface area contributed by atoms with Crippen LogP contribution in [0, 0.1) is 76.0 Å². The fourth-order valence-electron chi connectivity index (χ4n) is 23.3. The lowest BCUT2D eigenvalue weighted by Crippen LogP contribution is -2.52. The van der Waals surface area contributed by atoms with E-state index in [2.05, 4.69) is 187 Å². The van der Waals surface area contributed by atoms with Gasteiger partial charge in [-0.2, -0.15) is 0 Å². The summed E-state index contributed by atoms with van der Waals surface area (Å²) in [4.78, 5) is 0. The Kier molecular flexibility index (Phi) is 16.2. The predicted octanol–water partition coefficient (Wildman–Crippen LogP) is 28.5. The Hall–Kier alpha value is -12.5. The molecule has 5 unspecified atom stereocenters. The minimum absolute atomic E-state index is 0.0419. The Morgan fingerprint density at radius 3 is 0.986 bits per heavy atom. The van der Waals surface area contributed by atoms with Crippen LogP contribution in [0.15, 0.2) is 261 Å². The molecule has 0 saturated heterocycles. The van der Waals surface area contributed by atoms with Gasteiger partial charge in [0, 0.05) is 128 Å². The molecule has 21 rings (SSSR count). The number of para-hydroxylation sites is 5. The maximum Gasteiger partial charge on any atom is 0.246 e. The molecule has 10 heterocycles. The second kappa shape index (κ2) is 34.8. The first-order valence-electron chi connectivity index (χ1n) is 64.7. The molecule has 10 heteroatoms. The topological polar surface area (TPSA) is 44.0 Å². The minimum atomic E-state index is -3.37. The standard InChI is InChI=1S/2C31H35N2.C25H31N2.C24H29N2.C18H25N2/c2*1-20-17-21(2)19-24(18-20)28-26(23-14-10-9-11-15-23)29-31(6,7)30(4,5)25-16-12-13-22(3)27(25)33(29)32(28)8;1-16-12-17(2)14-19(13-16)21-15-22-25(6,7)24(4,5)20-11-9-10-18(3)23(20)27(22)26(21)8;1-7-24(5)22-19(18-13-9-8-10-14-18)16-25(6)26(22)21-17(2)12-11-15-20(21)23(24,3)4;1-7-18(5)15-11-12-19(6)20(15)16-13(2)9-8-10-14(16)17(18,3)4/h2*9-19H,1-8H3;9-15H,1-8H3;8-16H,7H2,1-6H3;8-12H,7H2,1-6H3/q5*+1/i1D3,4D3,6D3,7D3;4D3,6D3,7D3;1D3,4D3,6D3,7D3;;. The molecule has 5 atom stereocenters. The van der Waals surface area contributed by atoms with Crippen molar-refractivity contribution in [2.75, 3.05) is 0 Å². The first kappa shape index (κ1) is 64.7. The highest BCUT2D eigenvalue weighted by atomic mass is 15.4. The summed E-state index contributed by atoms with van der Waals surface area (Å²) in [5, 5.41) is 0. The van der Waals surface area contributed by atoms with Gasteiger partial charge in [-0.15, -0.1) is 46.8 Å². The lowest BCUT2D eigenvalue weighted by molar-refractivity contribution is -0.745. The number of aryl methyl sites for hydroxylation is 13. The zero-order valence-electron chi connectivity index (χ0n) is 118. The number of hydrogen-bond donors (Lipinski definition) is 0. The van der Waals surface area contributed by atoms with Gasteiger partial charge in [0.25, 0.3) is 0 Å². The summed E-state index contributed by atoms with van der Waals surface area (Å²) in [6.07, 6.45) is 6.71. The van der Waals surface area contributed by atoms with E-state index in [1.54, 1.807) is 152 Å². The van der Waals surface area contributed by atoms with Crippen LogP contribution in [0.4, 0.5) is 0 Å². The molecule has 0 N–H and O–H groups in total. The van der Waals surface area contributed by atoms with Gasteiger partial charge < -0.3 is 0 Å². The van der Waals surface area contributed by atoms with E-state index in [0.29, 0.717) is 89.8 Å². The largest absolute Gasteiger partial charge is 0.246 e. The third-order valence-electron chi connectivity index (χ3n) is 32.1. The molecule has 139 heavy (non-hydrogen) atoms. The lowest BCUT2D eigenvalue weighted by atomic mass is 9.57. The Morgan fingerprint density at radius 2 is 0.597 bits per heavy atom. The molecule has 0 amide bonds. The first-order valence-corrected chi connectivity index (χ1v) is 48.2. The summed E-state index contributed by atoms with van der Waals surface area (Å²) in [5.74, 6) is 0. The highest BCUT2D eigenvalue weighted by Crippen LogP contribution is 2.60. The van der Waals surface area contributed by atoms with Crippen molar-refractivity contribution >= 4 is 0 Å². The van der Waals surface area contributed by atoms with E-state index in [1.807, 2.05) is 75.4 Å². The summed E-state index contributed by atoms with van der Waals surface area (Å²) in [6, 6.07) is 76.0. The summed E-state index contributed by atoms with van der Waals surface area (Å²) in [6.45, 7) is 6.18. The fraction of sp³-hybridized carbons (Fsp3) is 0.372. The monoisotopic (exact) mass is 1880 g/mol. The number of hydrogen-bond acceptors (Lipinski definition) is 0. The Morgan fingerprint density at radius 1 is 0.266 bits per heavy atom. The predicted molar refractivity (Wildman–Crippen MR) is 579 cm³/mol. The molecule has 5 aromatic heterocycles. The van der Waals surface area contributed by atoms with E-state index in [1.165, 1.54) is 123 Å². The highest BCUT2D eigenvalue weighted by molar-refractivity contribution is 5.86. The van der Waals surface area contributed by atoms with E-state index >= 15 is 0 Å². The van der Waals surface area contributed by atoms with Crippen molar-refractivity contribution in [2.45, 2.75) is 281 Å². The first-order chi connectivity index (χ1) is 79.0. The molecule has 5 aliphatic heterocycles. The summed E-state index contributed by atoms with van der Waals surface area (Å²) >= 11 is 0. The zero-order chi connectivity index (χ0) is 128. The molecule has 0 bridgehead atoms. The zero-order valence-corrected chi connectivity index (χ0v) is 85.2. The average Bonchev–Trinajstić information content (AvgIpc) is 1.35. The third kappa shape index (κ3) is 15.0. The van der Waals surface area contributed by atoms with Gasteiger partial charge in [-0.25, -0.2) is 0 Å². The quantitative estimate of drug-likeness (QED) is 0.136. The van der Waals surface area contributed by atoms with E-state index < -0.39 is 108 Å². The minimum Gasteiger partial charge on any atom is -0.124 e. The van der Waals surface area contributed by atoms with E-state index in [-0.39, 0.29) is 72.1 Å². The van der Waals surface area contributed by atoms with Gasteiger partial charge in [0.1, 0.15) is 45.5 Å². The van der Waals surface area contributed by atoms with Gasteiger partial charge in [0.2, 0.25) is 23.3 Å². The van der Waals surface area contributed by atoms with Crippen LogP contribution < -0.4 is 23.4 Å². The molecule has 0 spiro atoms. The second-order valence-corrected chi connectivity index (χ2v) is 41.7. The van der Waals surface area contributed by atoms with Crippen LogP contribution in [0.5, 0.6) is 0 Å². The number of nitrogens with zero attached hydrogens (tertiary/aromatic N) is 10. The van der Waals surface area contributed by atoms with Gasteiger partial charge in [-0.05, 0) is 198 Å². The number of benzene rings is 11. The average molecular weight is 1880 g/mol. The van der Waals surface area contributed by atoms with E-state index in [9.17, 15) is 0 Å². The highest BCUT2D eigenvalue weighted by Gasteiger charge is 2.59. The normalized spacial score (nSPS) is 24.5. The van der Waals surface area contributed by atoms with Gasteiger partial charge >= 0.3 is 0 Å². The molecule has 0 saturated carbocycles. The lowest BCUT2D eigenvalue weighted by Gasteiger charge is -2.48. The molecular weight excluding hydrogens is 1690 g/mol. The molecule has 16 aromatic rings. The molecule has 0 fully saturated rings. The smallest absolute Gasteiger partial charge is 0.124 e. The van der Waals surface area contributed by atoms with Crippen molar-refractivity contribution in [3.8, 4) is 95.6 Å². The van der Waals surface area contributed by atoms with Crippen molar-refractivity contribution in [1.82, 2.24) is 23.4 Å². The maximum atomic E-state index is 9.01. The van der Waals surface area contributed by atoms with Crippen molar-refractivity contribution in [3.63, 3.8) is 0 Å². The molecule has 716 valence electrons. The Balaban J connectivity index is 0.000000146. The summed E-state index contributed by atoms with van der Waals surface area (Å²) in [5.41, 5.74) is 9.39. The summed E-state index contributed by atoms with van der Waals surface area (Å²) in [7, 11) is 9.35. The van der Waals surface area contributed by atoms with Crippen LogP contribution in [-0.4, -0.2) is 23.4 Å². The van der Waals surface area contributed by atoms with Gasteiger partial charge in [-0.3, -0.25) is 0 Å². The van der Waals surface area contributed by atoms with Crippen LogP contribution in [0.3, 0.4) is 0 Å². The second-order valence-electron chi connectivity index (χ2n) is 41.7. The number of fused-ring (bicyclic) bond motifs is 15. The molecule has 0 aliphatic carbocycles. The third-order valence-corrected chi connectivity index (χ3v) is 32.1. The van der Waals surface area contributed by atoms with Crippen LogP contribution in [0.2, 0.25) is 0 Å². The SMILES string of the molecule is CCC1(C)c2c(-c3ccccc3)c[n+](C)n2-c2c(C)cccc2C1(C)C.CCC1(C)c2cc[n+](C)n2-c2c(C)cccc2C1(C)C.[2H]C([2H])([2H])C1(C)c2cccc(C)c2-n2c(c(-c3ccccc3)c(-c3cc(C)cc(C)c3)[n+]2C)C1(C([2H])([2H])[2H])C([2H])([2H])[2H].[2H]C([2H])([2H])c1cc(C)cc(-c2c(-c3ccccc3)c3n([n+]2C)-c2c(C)cccc2C(C)(C([2H])([2H])[2H])C3(C([2H])([2H])[2H])C([2H])([2H])[2H])c1.[2H]C([2H])([2H])c1cc(C)cc(-c2cc3n([n+]2C)-c2c(C)cccc2C(C)(C([2H])([2H])[2H])C3(C([2H])([2H])[2H])C([2H])([2H])[2H])c1. The molecule has 11 aromatic carbocycles. The molecule has 5 aliphatic rings.